The molecule has 5 nitrogen and oxygen atoms in total. The fourth-order valence-electron chi connectivity index (χ4n) is 2.69. The van der Waals surface area contributed by atoms with Gasteiger partial charge in [0.25, 0.3) is 0 Å². The van der Waals surface area contributed by atoms with Crippen LogP contribution in [-0.2, 0) is 4.74 Å². The van der Waals surface area contributed by atoms with Gasteiger partial charge in [-0.2, -0.15) is 0 Å². The van der Waals surface area contributed by atoms with Gasteiger partial charge in [0, 0.05) is 24.7 Å². The molecular formula is C14H18Br2N4OS. The van der Waals surface area contributed by atoms with Gasteiger partial charge in [0.15, 0.2) is 15.7 Å². The van der Waals surface area contributed by atoms with E-state index < -0.39 is 0 Å². The Morgan fingerprint density at radius 2 is 2.09 bits per heavy atom. The number of ether oxygens (including phenoxy) is 1. The maximum atomic E-state index is 6.04. The van der Waals surface area contributed by atoms with Gasteiger partial charge in [-0.25, -0.2) is 9.97 Å². The van der Waals surface area contributed by atoms with Gasteiger partial charge < -0.3 is 9.64 Å². The van der Waals surface area contributed by atoms with Crippen molar-refractivity contribution in [3.63, 3.8) is 0 Å². The lowest BCUT2D eigenvalue weighted by molar-refractivity contribution is -0.0605. The van der Waals surface area contributed by atoms with Crippen LogP contribution in [0.15, 0.2) is 20.9 Å². The fraction of sp³-hybridized carbons (Fsp3) is 0.571. The van der Waals surface area contributed by atoms with E-state index in [-0.39, 0.29) is 5.60 Å². The lowest BCUT2D eigenvalue weighted by Gasteiger charge is -2.41. The van der Waals surface area contributed by atoms with Crippen LogP contribution in [0.5, 0.6) is 0 Å². The number of aromatic nitrogens is 3. The molecule has 0 amide bonds. The van der Waals surface area contributed by atoms with Crippen LogP contribution in [0.1, 0.15) is 26.7 Å². The SMILES string of the molecule is CCC1(CC)CN(c2nc(-n3cc(Br)nc3Br)cs2)CCO1. The summed E-state index contributed by atoms with van der Waals surface area (Å²) in [4.78, 5) is 11.4. The summed E-state index contributed by atoms with van der Waals surface area (Å²) in [6.07, 6.45) is 3.96. The monoisotopic (exact) mass is 448 g/mol. The zero-order valence-corrected chi connectivity index (χ0v) is 16.5. The van der Waals surface area contributed by atoms with Crippen LogP contribution in [0, 0.1) is 0 Å². The Morgan fingerprint density at radius 3 is 2.73 bits per heavy atom. The number of imidazole rings is 1. The highest BCUT2D eigenvalue weighted by Crippen LogP contribution is 2.32. The topological polar surface area (TPSA) is 43.2 Å². The molecule has 1 aliphatic heterocycles. The molecule has 3 rings (SSSR count). The minimum absolute atomic E-state index is 0.0390. The minimum Gasteiger partial charge on any atom is -0.371 e. The predicted octanol–water partition coefficient (Wildman–Crippen LogP) is 4.25. The largest absolute Gasteiger partial charge is 0.371 e. The number of nitrogens with zero attached hydrogens (tertiary/aromatic N) is 4. The Bertz CT molecular complexity index is 653. The predicted molar refractivity (Wildman–Crippen MR) is 96.1 cm³/mol. The third-order valence-corrected chi connectivity index (χ3v) is 6.00. The number of anilines is 1. The Labute approximate surface area is 151 Å². The van der Waals surface area contributed by atoms with Crippen LogP contribution in [0.4, 0.5) is 5.13 Å². The number of halogens is 2. The van der Waals surface area contributed by atoms with Gasteiger partial charge in [0.2, 0.25) is 0 Å². The number of rotatable bonds is 4. The van der Waals surface area contributed by atoms with Crippen molar-refractivity contribution in [2.45, 2.75) is 32.3 Å². The van der Waals surface area contributed by atoms with E-state index in [0.717, 1.165) is 52.8 Å². The van der Waals surface area contributed by atoms with E-state index in [0.29, 0.717) is 0 Å². The van der Waals surface area contributed by atoms with Gasteiger partial charge in [-0.1, -0.05) is 13.8 Å². The highest BCUT2D eigenvalue weighted by molar-refractivity contribution is 9.11. The van der Waals surface area contributed by atoms with Crippen molar-refractivity contribution in [3.05, 3.63) is 20.9 Å². The highest BCUT2D eigenvalue weighted by atomic mass is 79.9. The van der Waals surface area contributed by atoms with Crippen LogP contribution < -0.4 is 4.90 Å². The number of morpholine rings is 1. The third-order valence-electron chi connectivity index (χ3n) is 4.17. The molecule has 0 atom stereocenters. The maximum Gasteiger partial charge on any atom is 0.187 e. The molecule has 0 bridgehead atoms. The Hall–Kier alpha value is -0.440. The first-order valence-electron chi connectivity index (χ1n) is 7.32. The van der Waals surface area contributed by atoms with Gasteiger partial charge >= 0.3 is 0 Å². The summed E-state index contributed by atoms with van der Waals surface area (Å²) in [5.74, 6) is 0.884. The second-order valence-electron chi connectivity index (χ2n) is 5.35. The molecule has 22 heavy (non-hydrogen) atoms. The molecule has 0 N–H and O–H groups in total. The molecule has 0 radical (unpaired) electrons. The first kappa shape index (κ1) is 16.4. The average Bonchev–Trinajstić information content (AvgIpc) is 3.13. The second kappa shape index (κ2) is 6.59. The summed E-state index contributed by atoms with van der Waals surface area (Å²) in [6.45, 7) is 6.95. The van der Waals surface area contributed by atoms with Crippen molar-refractivity contribution in [2.75, 3.05) is 24.6 Å². The van der Waals surface area contributed by atoms with Crippen LogP contribution >= 0.6 is 43.2 Å². The number of hydrogen-bond donors (Lipinski definition) is 0. The van der Waals surface area contributed by atoms with E-state index in [1.807, 2.05) is 10.8 Å². The van der Waals surface area contributed by atoms with E-state index in [2.05, 4.69) is 61.0 Å². The first-order valence-corrected chi connectivity index (χ1v) is 9.78. The summed E-state index contributed by atoms with van der Waals surface area (Å²) in [7, 11) is 0. The molecule has 1 aliphatic rings. The summed E-state index contributed by atoms with van der Waals surface area (Å²) in [5, 5.41) is 3.10. The van der Waals surface area contributed by atoms with Crippen molar-refractivity contribution >= 4 is 48.3 Å². The summed E-state index contributed by atoms with van der Waals surface area (Å²) in [5.41, 5.74) is -0.0390. The standard InChI is InChI=1S/C14H18Br2N4OS/c1-3-14(4-2)9-19(5-6-21-14)13-18-11(8-22-13)20-7-10(15)17-12(20)16/h7-8H,3-6,9H2,1-2H3. The molecule has 120 valence electrons. The average molecular weight is 450 g/mol. The molecule has 0 aromatic carbocycles. The molecule has 0 spiro atoms. The molecular weight excluding hydrogens is 432 g/mol. The van der Waals surface area contributed by atoms with Gasteiger partial charge in [-0.05, 0) is 44.7 Å². The smallest absolute Gasteiger partial charge is 0.187 e. The van der Waals surface area contributed by atoms with E-state index in [9.17, 15) is 0 Å². The van der Waals surface area contributed by atoms with Gasteiger partial charge in [0.1, 0.15) is 4.60 Å². The molecule has 2 aromatic heterocycles. The van der Waals surface area contributed by atoms with Gasteiger partial charge in [-0.3, -0.25) is 4.57 Å². The summed E-state index contributed by atoms with van der Waals surface area (Å²) >= 11 is 8.50. The van der Waals surface area contributed by atoms with Crippen molar-refractivity contribution < 1.29 is 4.74 Å². The van der Waals surface area contributed by atoms with Gasteiger partial charge in [0.05, 0.1) is 12.2 Å². The van der Waals surface area contributed by atoms with Crippen LogP contribution in [0.25, 0.3) is 5.82 Å². The first-order chi connectivity index (χ1) is 10.6. The second-order valence-corrected chi connectivity index (χ2v) is 7.71. The lowest BCUT2D eigenvalue weighted by Crippen LogP contribution is -2.51. The van der Waals surface area contributed by atoms with Crippen molar-refractivity contribution in [1.29, 1.82) is 0 Å². The Morgan fingerprint density at radius 1 is 1.32 bits per heavy atom. The fourth-order valence-corrected chi connectivity index (χ4v) is 4.60. The van der Waals surface area contributed by atoms with Crippen molar-refractivity contribution in [2.24, 2.45) is 0 Å². The summed E-state index contributed by atoms with van der Waals surface area (Å²) < 4.78 is 9.50. The molecule has 0 saturated carbocycles. The quantitative estimate of drug-likeness (QED) is 0.699. The molecule has 0 unspecified atom stereocenters. The third kappa shape index (κ3) is 3.11. The zero-order valence-electron chi connectivity index (χ0n) is 12.6. The molecule has 1 saturated heterocycles. The summed E-state index contributed by atoms with van der Waals surface area (Å²) in [6, 6.07) is 0. The van der Waals surface area contributed by atoms with Crippen LogP contribution in [0.2, 0.25) is 0 Å². The van der Waals surface area contributed by atoms with Crippen molar-refractivity contribution in [1.82, 2.24) is 14.5 Å². The normalized spacial score (nSPS) is 17.9. The van der Waals surface area contributed by atoms with Crippen LogP contribution in [-0.4, -0.2) is 39.8 Å². The highest BCUT2D eigenvalue weighted by Gasteiger charge is 2.34. The van der Waals surface area contributed by atoms with E-state index >= 15 is 0 Å². The number of hydrogen-bond acceptors (Lipinski definition) is 5. The molecule has 0 aliphatic carbocycles. The van der Waals surface area contributed by atoms with E-state index in [1.54, 1.807) is 11.3 Å². The Kier molecular flexibility index (Phi) is 4.92. The van der Waals surface area contributed by atoms with Gasteiger partial charge in [-0.15, -0.1) is 11.3 Å². The van der Waals surface area contributed by atoms with E-state index in [4.69, 9.17) is 9.72 Å². The molecule has 2 aromatic rings. The zero-order chi connectivity index (χ0) is 15.7. The Balaban J connectivity index is 1.83. The molecule has 1 fully saturated rings. The lowest BCUT2D eigenvalue weighted by atomic mass is 9.95. The maximum absolute atomic E-state index is 6.04. The number of thiazole rings is 1. The van der Waals surface area contributed by atoms with Crippen molar-refractivity contribution in [3.8, 4) is 5.82 Å². The minimum atomic E-state index is -0.0390. The van der Waals surface area contributed by atoms with Crippen LogP contribution in [0.3, 0.4) is 0 Å². The molecule has 8 heteroatoms. The van der Waals surface area contributed by atoms with E-state index in [1.165, 1.54) is 0 Å². The molecule has 3 heterocycles.